The van der Waals surface area contributed by atoms with Crippen molar-refractivity contribution in [2.45, 2.75) is 66.7 Å². The van der Waals surface area contributed by atoms with Gasteiger partial charge in [0.25, 0.3) is 0 Å². The second kappa shape index (κ2) is 14.3. The molecular formula is C36H45N3. The van der Waals surface area contributed by atoms with Crippen molar-refractivity contribution in [2.24, 2.45) is 5.41 Å². The zero-order valence-corrected chi connectivity index (χ0v) is 24.9. The monoisotopic (exact) mass is 519 g/mol. The summed E-state index contributed by atoms with van der Waals surface area (Å²) in [6, 6.07) is 17.1. The van der Waals surface area contributed by atoms with Gasteiger partial charge in [0, 0.05) is 41.0 Å². The van der Waals surface area contributed by atoms with E-state index in [1.54, 1.807) is 0 Å². The minimum absolute atomic E-state index is 0.500. The van der Waals surface area contributed by atoms with Crippen LogP contribution in [0.15, 0.2) is 86.1 Å². The second-order valence-electron chi connectivity index (χ2n) is 11.5. The highest BCUT2D eigenvalue weighted by atomic mass is 14.8. The van der Waals surface area contributed by atoms with E-state index in [4.69, 9.17) is 10.2 Å². The Morgan fingerprint density at radius 1 is 0.923 bits per heavy atom. The summed E-state index contributed by atoms with van der Waals surface area (Å²) in [5.41, 5.74) is 11.5. The van der Waals surface area contributed by atoms with E-state index in [9.17, 15) is 0 Å². The minimum atomic E-state index is 0.500. The van der Waals surface area contributed by atoms with Crippen molar-refractivity contribution in [1.82, 2.24) is 10.3 Å². The molecule has 2 aromatic carbocycles. The number of pyridine rings is 1. The van der Waals surface area contributed by atoms with Crippen LogP contribution < -0.4 is 5.32 Å². The standard InChI is InChI=1S/C29H29N3.C5H12.C2H4/c1-19(18-30)12-13-20(2)28(31-4)26-11-6-5-10-24(26)21(3)25-15-14-22-8-7-9-23-16-17-32-29(25)27(22)23;1-5(2,3)4;1-2/h5-6,10-11,14-17,31H,1,3,7-9,12-13H2,2,4H3;1-4H3;1-2H2/b28-20+;;. The van der Waals surface area contributed by atoms with Crippen LogP contribution in [-0.2, 0) is 12.8 Å². The molecule has 1 aromatic heterocycles. The number of aromatic nitrogens is 1. The number of benzene rings is 2. The predicted molar refractivity (Wildman–Crippen MR) is 170 cm³/mol. The highest BCUT2D eigenvalue weighted by Gasteiger charge is 2.19. The van der Waals surface area contributed by atoms with Crippen LogP contribution in [0.1, 0.15) is 81.7 Å². The van der Waals surface area contributed by atoms with Gasteiger partial charge in [0.05, 0.1) is 11.6 Å². The minimum Gasteiger partial charge on any atom is -0.388 e. The van der Waals surface area contributed by atoms with Crippen molar-refractivity contribution in [1.29, 1.82) is 5.26 Å². The van der Waals surface area contributed by atoms with Gasteiger partial charge in [0.15, 0.2) is 0 Å². The Kier molecular flexibility index (Phi) is 11.5. The SMILES string of the molecule is C=C.C=C(C#N)CC/C(C)=C(/NC)c1ccccc1C(=C)c1ccc2c3c(ccnc13)CCC2.CC(C)(C)C. The summed E-state index contributed by atoms with van der Waals surface area (Å²) in [6.07, 6.45) is 6.79. The fourth-order valence-electron chi connectivity index (χ4n) is 4.75. The van der Waals surface area contributed by atoms with Crippen molar-refractivity contribution in [3.63, 3.8) is 0 Å². The molecule has 0 amide bonds. The fraction of sp³-hybridized carbons (Fsp3) is 0.333. The molecule has 0 saturated heterocycles. The summed E-state index contributed by atoms with van der Waals surface area (Å²) in [5.74, 6) is 0. The quantitative estimate of drug-likeness (QED) is 0.250. The molecule has 1 aliphatic carbocycles. The Balaban J connectivity index is 0.000000686. The van der Waals surface area contributed by atoms with Crippen LogP contribution in [0.25, 0.3) is 22.2 Å². The van der Waals surface area contributed by atoms with E-state index in [1.165, 1.54) is 28.5 Å². The molecule has 3 aromatic rings. The molecule has 0 saturated carbocycles. The molecule has 3 heteroatoms. The molecule has 1 N–H and O–H groups in total. The van der Waals surface area contributed by atoms with E-state index in [0.717, 1.165) is 52.7 Å². The third-order valence-corrected chi connectivity index (χ3v) is 6.44. The highest BCUT2D eigenvalue weighted by molar-refractivity contribution is 5.99. The third-order valence-electron chi connectivity index (χ3n) is 6.44. The van der Waals surface area contributed by atoms with E-state index in [0.29, 0.717) is 17.4 Å². The summed E-state index contributed by atoms with van der Waals surface area (Å²) < 4.78 is 0. The molecule has 0 unspecified atom stereocenters. The Bertz CT molecular complexity index is 1380. The Morgan fingerprint density at radius 3 is 2.10 bits per heavy atom. The first-order valence-corrected chi connectivity index (χ1v) is 13.7. The zero-order chi connectivity index (χ0) is 29.2. The van der Waals surface area contributed by atoms with Gasteiger partial charge < -0.3 is 5.32 Å². The maximum absolute atomic E-state index is 9.05. The van der Waals surface area contributed by atoms with Crippen LogP contribution in [0, 0.1) is 16.7 Å². The maximum Gasteiger partial charge on any atom is 0.0940 e. The molecule has 1 heterocycles. The fourth-order valence-corrected chi connectivity index (χ4v) is 4.75. The molecule has 204 valence electrons. The number of hydrogen-bond donors (Lipinski definition) is 1. The van der Waals surface area contributed by atoms with Crippen LogP contribution in [-0.4, -0.2) is 12.0 Å². The van der Waals surface area contributed by atoms with Crippen molar-refractivity contribution < 1.29 is 0 Å². The number of nitriles is 1. The van der Waals surface area contributed by atoms with Gasteiger partial charge in [-0.2, -0.15) is 5.26 Å². The van der Waals surface area contributed by atoms with Gasteiger partial charge in [-0.05, 0) is 78.3 Å². The first-order valence-electron chi connectivity index (χ1n) is 13.7. The van der Waals surface area contributed by atoms with E-state index < -0.39 is 0 Å². The Labute approximate surface area is 236 Å². The van der Waals surface area contributed by atoms with Gasteiger partial charge in [-0.15, -0.1) is 13.2 Å². The van der Waals surface area contributed by atoms with Gasteiger partial charge in [-0.1, -0.05) is 77.3 Å². The molecule has 0 fully saturated rings. The lowest BCUT2D eigenvalue weighted by Crippen LogP contribution is -2.10. The van der Waals surface area contributed by atoms with Gasteiger partial charge in [0.1, 0.15) is 0 Å². The molecule has 39 heavy (non-hydrogen) atoms. The average Bonchev–Trinajstić information content (AvgIpc) is 2.93. The molecular weight excluding hydrogens is 474 g/mol. The summed E-state index contributed by atoms with van der Waals surface area (Å²) in [7, 11) is 1.95. The summed E-state index contributed by atoms with van der Waals surface area (Å²) in [5, 5.41) is 13.8. The number of nitrogens with zero attached hydrogens (tertiary/aromatic N) is 2. The van der Waals surface area contributed by atoms with Crippen molar-refractivity contribution >= 4 is 22.2 Å². The van der Waals surface area contributed by atoms with E-state index in [1.807, 2.05) is 13.2 Å². The lowest BCUT2D eigenvalue weighted by molar-refractivity contribution is 0.469. The van der Waals surface area contributed by atoms with Crippen molar-refractivity contribution in [3.05, 3.63) is 114 Å². The smallest absolute Gasteiger partial charge is 0.0940 e. The zero-order valence-electron chi connectivity index (χ0n) is 24.9. The molecule has 0 aliphatic heterocycles. The van der Waals surface area contributed by atoms with E-state index in [2.05, 4.69) is 115 Å². The molecule has 1 aliphatic rings. The van der Waals surface area contributed by atoms with Gasteiger partial charge >= 0.3 is 0 Å². The largest absolute Gasteiger partial charge is 0.388 e. The molecule has 4 rings (SSSR count). The molecule has 0 atom stereocenters. The lowest BCUT2D eigenvalue weighted by atomic mass is 9.85. The van der Waals surface area contributed by atoms with Gasteiger partial charge in [0.2, 0.25) is 0 Å². The number of nitrogens with one attached hydrogen (secondary N) is 1. The van der Waals surface area contributed by atoms with Crippen LogP contribution in [0.5, 0.6) is 0 Å². The van der Waals surface area contributed by atoms with Gasteiger partial charge in [-0.25, -0.2) is 0 Å². The van der Waals surface area contributed by atoms with E-state index in [-0.39, 0.29) is 0 Å². The first-order chi connectivity index (χ1) is 18.5. The summed E-state index contributed by atoms with van der Waals surface area (Å²) in [6.45, 7) is 25.2. The normalized spacial score (nSPS) is 12.5. The maximum atomic E-state index is 9.05. The van der Waals surface area contributed by atoms with Crippen LogP contribution in [0.3, 0.4) is 0 Å². The van der Waals surface area contributed by atoms with Crippen LogP contribution in [0.4, 0.5) is 0 Å². The number of allylic oxidation sites excluding steroid dienone is 2. The van der Waals surface area contributed by atoms with Crippen LogP contribution >= 0.6 is 0 Å². The molecule has 0 bridgehead atoms. The van der Waals surface area contributed by atoms with Gasteiger partial charge in [-0.3, -0.25) is 4.98 Å². The van der Waals surface area contributed by atoms with Crippen molar-refractivity contribution in [3.8, 4) is 6.07 Å². The molecule has 0 spiro atoms. The van der Waals surface area contributed by atoms with E-state index >= 15 is 0 Å². The Hall–Kier alpha value is -3.90. The summed E-state index contributed by atoms with van der Waals surface area (Å²) >= 11 is 0. The first kappa shape index (κ1) is 31.3. The van der Waals surface area contributed by atoms with Crippen LogP contribution in [0.2, 0.25) is 0 Å². The third kappa shape index (κ3) is 8.29. The molecule has 3 nitrogen and oxygen atoms in total. The lowest BCUT2D eigenvalue weighted by Gasteiger charge is -2.21. The number of aryl methyl sites for hydroxylation is 2. The second-order valence-corrected chi connectivity index (χ2v) is 11.5. The summed E-state index contributed by atoms with van der Waals surface area (Å²) in [4.78, 5) is 4.79. The van der Waals surface area contributed by atoms with Crippen molar-refractivity contribution in [2.75, 3.05) is 7.05 Å². The number of rotatable bonds is 7. The Morgan fingerprint density at radius 2 is 1.51 bits per heavy atom. The highest BCUT2D eigenvalue weighted by Crippen LogP contribution is 2.37. The average molecular weight is 520 g/mol. The number of hydrogen-bond acceptors (Lipinski definition) is 3. The molecule has 0 radical (unpaired) electrons. The topological polar surface area (TPSA) is 48.7 Å². The predicted octanol–water partition coefficient (Wildman–Crippen LogP) is 9.45.